The molecule has 2 aliphatic rings. The Morgan fingerprint density at radius 2 is 1.55 bits per heavy atom. The molecule has 5 aromatic rings. The van der Waals surface area contributed by atoms with Gasteiger partial charge in [-0.1, -0.05) is 60.7 Å². The number of carbonyl (C=O) groups excluding carboxylic acids is 1. The normalized spacial score (nSPS) is 16.6. The Morgan fingerprint density at radius 3 is 2.38 bits per heavy atom. The van der Waals surface area contributed by atoms with Crippen molar-refractivity contribution in [2.75, 3.05) is 23.3 Å². The number of hydrogen-bond acceptors (Lipinski definition) is 5. The predicted molar refractivity (Wildman–Crippen MR) is 160 cm³/mol. The zero-order chi connectivity index (χ0) is 27.3. The molecule has 5 nitrogen and oxygen atoms in total. The number of nitrogens with one attached hydrogen (secondary N) is 1. The molecule has 5 heteroatoms. The molecular formula is C35H30N2O3. The van der Waals surface area contributed by atoms with Crippen LogP contribution in [-0.2, 0) is 16.9 Å². The van der Waals surface area contributed by atoms with E-state index >= 15 is 0 Å². The maximum atomic E-state index is 13.4. The van der Waals surface area contributed by atoms with Gasteiger partial charge in [-0.15, -0.1) is 0 Å². The molecule has 0 aromatic heterocycles. The molecule has 0 amide bonds. The molecule has 2 heterocycles. The average molecular weight is 527 g/mol. The van der Waals surface area contributed by atoms with E-state index in [1.165, 1.54) is 5.56 Å². The van der Waals surface area contributed by atoms with Gasteiger partial charge in [-0.3, -0.25) is 0 Å². The monoisotopic (exact) mass is 526 g/mol. The fourth-order valence-electron chi connectivity index (χ4n) is 6.26. The first-order chi connectivity index (χ1) is 19.6. The predicted octanol–water partition coefficient (Wildman–Crippen LogP) is 7.87. The Kier molecular flexibility index (Phi) is 5.74. The van der Waals surface area contributed by atoms with Crippen molar-refractivity contribution < 1.29 is 14.3 Å². The van der Waals surface area contributed by atoms with Crippen molar-refractivity contribution in [1.29, 1.82) is 0 Å². The third-order valence-electron chi connectivity index (χ3n) is 8.17. The van der Waals surface area contributed by atoms with Gasteiger partial charge in [0.15, 0.2) is 5.60 Å². The molecule has 0 bridgehead atoms. The second-order valence-electron chi connectivity index (χ2n) is 10.2. The SMILES string of the molecule is CCN(CC)c1ccc2c(c1)Oc1ccc3c(NCc4ccccc4)cccc3c1C21OC(=O)c2ccccc21. The van der Waals surface area contributed by atoms with Crippen molar-refractivity contribution in [3.63, 3.8) is 0 Å². The topological polar surface area (TPSA) is 50.8 Å². The quantitative estimate of drug-likeness (QED) is 0.228. The van der Waals surface area contributed by atoms with E-state index < -0.39 is 5.60 Å². The van der Waals surface area contributed by atoms with E-state index in [1.54, 1.807) is 0 Å². The summed E-state index contributed by atoms with van der Waals surface area (Å²) in [6, 6.07) is 34.6. The third kappa shape index (κ3) is 3.58. The summed E-state index contributed by atoms with van der Waals surface area (Å²) in [5, 5.41) is 5.65. The lowest BCUT2D eigenvalue weighted by atomic mass is 9.75. The third-order valence-corrected chi connectivity index (χ3v) is 8.17. The number of ether oxygens (including phenoxy) is 2. The molecule has 198 valence electrons. The first kappa shape index (κ1) is 24.3. The van der Waals surface area contributed by atoms with Gasteiger partial charge in [0.05, 0.1) is 11.1 Å². The minimum Gasteiger partial charge on any atom is -0.456 e. The molecule has 0 fully saturated rings. The second kappa shape index (κ2) is 9.45. The fourth-order valence-corrected chi connectivity index (χ4v) is 6.26. The van der Waals surface area contributed by atoms with E-state index in [1.807, 2.05) is 54.6 Å². The summed E-state index contributed by atoms with van der Waals surface area (Å²) in [5.74, 6) is 1.08. The van der Waals surface area contributed by atoms with E-state index in [0.717, 1.165) is 51.9 Å². The molecule has 0 saturated carbocycles. The summed E-state index contributed by atoms with van der Waals surface area (Å²) in [4.78, 5) is 15.7. The van der Waals surface area contributed by atoms with Crippen molar-refractivity contribution in [3.8, 4) is 11.5 Å². The van der Waals surface area contributed by atoms with E-state index in [0.29, 0.717) is 23.6 Å². The van der Waals surface area contributed by atoms with Crippen LogP contribution < -0.4 is 15.0 Å². The van der Waals surface area contributed by atoms with Crippen LogP contribution >= 0.6 is 0 Å². The van der Waals surface area contributed by atoms with Gasteiger partial charge in [0, 0.05) is 53.6 Å². The van der Waals surface area contributed by atoms with Gasteiger partial charge in [-0.2, -0.15) is 0 Å². The Labute approximate surface area is 234 Å². The summed E-state index contributed by atoms with van der Waals surface area (Å²) in [7, 11) is 0. The highest BCUT2D eigenvalue weighted by atomic mass is 16.6. The minimum absolute atomic E-state index is 0.322. The first-order valence-corrected chi connectivity index (χ1v) is 13.9. The largest absolute Gasteiger partial charge is 0.456 e. The number of esters is 1. The number of fused-ring (bicyclic) bond motifs is 8. The number of rotatable bonds is 6. The number of carbonyl (C=O) groups is 1. The number of hydrogen-bond donors (Lipinski definition) is 1. The van der Waals surface area contributed by atoms with E-state index in [2.05, 4.69) is 72.6 Å². The maximum absolute atomic E-state index is 13.4. The Hall–Kier alpha value is -4.77. The molecule has 0 aliphatic carbocycles. The number of anilines is 2. The van der Waals surface area contributed by atoms with Crippen LogP contribution in [0.1, 0.15) is 46.5 Å². The lowest BCUT2D eigenvalue weighted by Gasteiger charge is -2.38. The highest BCUT2D eigenvalue weighted by Crippen LogP contribution is 2.58. The van der Waals surface area contributed by atoms with Crippen molar-refractivity contribution >= 4 is 28.1 Å². The van der Waals surface area contributed by atoms with Gasteiger partial charge in [-0.05, 0) is 61.2 Å². The molecule has 1 spiro atoms. The van der Waals surface area contributed by atoms with Crippen LogP contribution in [0.3, 0.4) is 0 Å². The molecular weight excluding hydrogens is 496 g/mol. The van der Waals surface area contributed by atoms with Crippen molar-refractivity contribution in [2.24, 2.45) is 0 Å². The summed E-state index contributed by atoms with van der Waals surface area (Å²) >= 11 is 0. The second-order valence-corrected chi connectivity index (χ2v) is 10.2. The summed E-state index contributed by atoms with van der Waals surface area (Å²) in [6.07, 6.45) is 0. The van der Waals surface area contributed by atoms with Crippen LogP contribution in [-0.4, -0.2) is 19.1 Å². The Bertz CT molecular complexity index is 1760. The van der Waals surface area contributed by atoms with Crippen molar-refractivity contribution in [2.45, 2.75) is 26.0 Å². The molecule has 2 aliphatic heterocycles. The van der Waals surface area contributed by atoms with Gasteiger partial charge in [0.2, 0.25) is 0 Å². The summed E-state index contributed by atoms with van der Waals surface area (Å²) in [5.41, 5.74) is 5.30. The van der Waals surface area contributed by atoms with E-state index in [-0.39, 0.29) is 5.97 Å². The molecule has 5 aromatic carbocycles. The molecule has 40 heavy (non-hydrogen) atoms. The number of benzene rings is 5. The molecule has 0 saturated heterocycles. The average Bonchev–Trinajstić information content (AvgIpc) is 3.29. The van der Waals surface area contributed by atoms with Crippen LogP contribution in [0.15, 0.2) is 103 Å². The standard InChI is InChI=1S/C35H30N2O3/c1-3-37(4-2)24-17-19-29-32(21-24)39-31-20-18-25-26(14-10-16-30(25)36-22-23-11-6-5-7-12-23)33(31)35(29)28-15-9-8-13-27(28)34(38)40-35/h5-21,36H,3-4,22H2,1-2H3. The van der Waals surface area contributed by atoms with Gasteiger partial charge < -0.3 is 19.7 Å². The highest BCUT2D eigenvalue weighted by Gasteiger charge is 2.54. The van der Waals surface area contributed by atoms with Crippen LogP contribution in [0.2, 0.25) is 0 Å². The molecule has 1 unspecified atom stereocenters. The molecule has 7 rings (SSSR count). The number of nitrogens with zero attached hydrogens (tertiary/aromatic N) is 1. The maximum Gasteiger partial charge on any atom is 0.340 e. The van der Waals surface area contributed by atoms with E-state index in [4.69, 9.17) is 9.47 Å². The summed E-state index contributed by atoms with van der Waals surface area (Å²) in [6.45, 7) is 6.76. The Morgan fingerprint density at radius 1 is 0.750 bits per heavy atom. The molecule has 0 radical (unpaired) electrons. The Balaban J connectivity index is 1.45. The van der Waals surface area contributed by atoms with Gasteiger partial charge >= 0.3 is 5.97 Å². The lowest BCUT2D eigenvalue weighted by molar-refractivity contribution is 0.0229. The van der Waals surface area contributed by atoms with Crippen molar-refractivity contribution in [1.82, 2.24) is 0 Å². The van der Waals surface area contributed by atoms with Crippen LogP contribution in [0.25, 0.3) is 10.8 Å². The smallest absolute Gasteiger partial charge is 0.340 e. The lowest BCUT2D eigenvalue weighted by Crippen LogP contribution is -2.33. The highest BCUT2D eigenvalue weighted by molar-refractivity contribution is 6.02. The van der Waals surface area contributed by atoms with Crippen LogP contribution in [0.4, 0.5) is 11.4 Å². The fraction of sp³-hybridized carbons (Fsp3) is 0.171. The molecule has 1 N–H and O–H groups in total. The van der Waals surface area contributed by atoms with Gasteiger partial charge in [0.25, 0.3) is 0 Å². The van der Waals surface area contributed by atoms with Gasteiger partial charge in [-0.25, -0.2) is 4.79 Å². The molecule has 1 atom stereocenters. The zero-order valence-electron chi connectivity index (χ0n) is 22.6. The van der Waals surface area contributed by atoms with Crippen LogP contribution in [0, 0.1) is 0 Å². The van der Waals surface area contributed by atoms with Crippen LogP contribution in [0.5, 0.6) is 11.5 Å². The first-order valence-electron chi connectivity index (χ1n) is 13.9. The summed E-state index contributed by atoms with van der Waals surface area (Å²) < 4.78 is 13.1. The van der Waals surface area contributed by atoms with Gasteiger partial charge in [0.1, 0.15) is 11.5 Å². The van der Waals surface area contributed by atoms with E-state index in [9.17, 15) is 4.79 Å². The van der Waals surface area contributed by atoms with Crippen molar-refractivity contribution in [3.05, 3.63) is 131 Å². The zero-order valence-corrected chi connectivity index (χ0v) is 22.6. The minimum atomic E-state index is -1.12.